The van der Waals surface area contributed by atoms with Crippen molar-refractivity contribution in [2.24, 2.45) is 0 Å². The molecule has 5 heteroatoms. The lowest BCUT2D eigenvalue weighted by atomic mass is 10.1. The van der Waals surface area contributed by atoms with Gasteiger partial charge >= 0.3 is 5.97 Å². The summed E-state index contributed by atoms with van der Waals surface area (Å²) in [4.78, 5) is 28.0. The van der Waals surface area contributed by atoms with Crippen molar-refractivity contribution in [3.05, 3.63) is 23.8 Å². The Balaban J connectivity index is 2.23. The second-order valence-electron chi connectivity index (χ2n) is 6.61. The molecule has 0 bridgehead atoms. The van der Waals surface area contributed by atoms with Crippen molar-refractivity contribution >= 4 is 17.6 Å². The molecule has 0 N–H and O–H groups in total. The summed E-state index contributed by atoms with van der Waals surface area (Å²) in [6.07, 6.45) is 0. The van der Waals surface area contributed by atoms with E-state index in [1.54, 1.807) is 4.90 Å². The van der Waals surface area contributed by atoms with Crippen LogP contribution in [0.25, 0.3) is 0 Å². The molecule has 0 saturated heterocycles. The predicted octanol–water partition coefficient (Wildman–Crippen LogP) is 2.37. The third-order valence-electron chi connectivity index (χ3n) is 3.75. The van der Waals surface area contributed by atoms with E-state index in [9.17, 15) is 9.59 Å². The highest BCUT2D eigenvalue weighted by molar-refractivity contribution is 5.89. The van der Waals surface area contributed by atoms with Gasteiger partial charge in [-0.15, -0.1) is 0 Å². The molecule has 0 aromatic heterocycles. The van der Waals surface area contributed by atoms with E-state index in [1.165, 1.54) is 0 Å². The molecule has 5 nitrogen and oxygen atoms in total. The van der Waals surface area contributed by atoms with Gasteiger partial charge in [0.1, 0.15) is 6.54 Å². The van der Waals surface area contributed by atoms with Gasteiger partial charge in [0.2, 0.25) is 5.91 Å². The van der Waals surface area contributed by atoms with E-state index in [2.05, 4.69) is 0 Å². The molecule has 1 amide bonds. The van der Waals surface area contributed by atoms with E-state index in [4.69, 9.17) is 4.74 Å². The molecule has 0 aliphatic carbocycles. The highest BCUT2D eigenvalue weighted by Gasteiger charge is 2.30. The van der Waals surface area contributed by atoms with Gasteiger partial charge < -0.3 is 14.5 Å². The van der Waals surface area contributed by atoms with Gasteiger partial charge in [0.25, 0.3) is 0 Å². The van der Waals surface area contributed by atoms with Crippen molar-refractivity contribution in [2.45, 2.75) is 40.2 Å². The summed E-state index contributed by atoms with van der Waals surface area (Å²) in [6, 6.07) is 5.68. The number of anilines is 1. The topological polar surface area (TPSA) is 49.9 Å². The number of fused-ring (bicyclic) bond motifs is 1. The van der Waals surface area contributed by atoms with Crippen molar-refractivity contribution in [2.75, 3.05) is 24.5 Å². The van der Waals surface area contributed by atoms with Crippen LogP contribution in [-0.4, -0.2) is 41.9 Å². The first-order valence-corrected chi connectivity index (χ1v) is 7.59. The van der Waals surface area contributed by atoms with Crippen LogP contribution in [0.4, 0.5) is 5.69 Å². The summed E-state index contributed by atoms with van der Waals surface area (Å²) in [5, 5.41) is 0. The first-order valence-electron chi connectivity index (χ1n) is 7.59. The van der Waals surface area contributed by atoms with E-state index < -0.39 is 0 Å². The van der Waals surface area contributed by atoms with Gasteiger partial charge in [0.15, 0.2) is 5.75 Å². The van der Waals surface area contributed by atoms with Crippen molar-refractivity contribution in [1.82, 2.24) is 4.90 Å². The fourth-order valence-corrected chi connectivity index (χ4v) is 2.77. The van der Waals surface area contributed by atoms with E-state index in [0.717, 1.165) is 11.3 Å². The Hall–Kier alpha value is -2.04. The molecule has 0 spiro atoms. The second-order valence-corrected chi connectivity index (χ2v) is 6.61. The van der Waals surface area contributed by atoms with Crippen LogP contribution >= 0.6 is 0 Å². The Kier molecular flexibility index (Phi) is 4.44. The third kappa shape index (κ3) is 3.40. The molecule has 1 heterocycles. The van der Waals surface area contributed by atoms with Gasteiger partial charge in [0, 0.05) is 12.1 Å². The van der Waals surface area contributed by atoms with Gasteiger partial charge in [-0.05, 0) is 52.3 Å². The fourth-order valence-electron chi connectivity index (χ4n) is 2.77. The maximum absolute atomic E-state index is 12.6. The quantitative estimate of drug-likeness (QED) is 0.635. The summed E-state index contributed by atoms with van der Waals surface area (Å²) in [5.74, 6) is 0.212. The summed E-state index contributed by atoms with van der Waals surface area (Å²) >= 11 is 0. The number of amides is 1. The van der Waals surface area contributed by atoms with E-state index >= 15 is 0 Å². The largest absolute Gasteiger partial charge is 0.423 e. The molecule has 0 unspecified atom stereocenters. The van der Waals surface area contributed by atoms with Gasteiger partial charge in [-0.3, -0.25) is 4.79 Å². The molecule has 1 aromatic rings. The summed E-state index contributed by atoms with van der Waals surface area (Å²) in [7, 11) is 0. The van der Waals surface area contributed by atoms with Crippen molar-refractivity contribution in [3.8, 4) is 5.75 Å². The zero-order chi connectivity index (χ0) is 16.5. The van der Waals surface area contributed by atoms with Crippen LogP contribution in [0.2, 0.25) is 0 Å². The van der Waals surface area contributed by atoms with Crippen molar-refractivity contribution < 1.29 is 14.3 Å². The van der Waals surface area contributed by atoms with Crippen LogP contribution < -0.4 is 9.64 Å². The lowest BCUT2D eigenvalue weighted by Crippen LogP contribution is -2.51. The highest BCUT2D eigenvalue weighted by Crippen LogP contribution is 2.32. The van der Waals surface area contributed by atoms with Gasteiger partial charge in [-0.2, -0.15) is 0 Å². The molecule has 22 heavy (non-hydrogen) atoms. The van der Waals surface area contributed by atoms with Crippen molar-refractivity contribution in [1.29, 1.82) is 0 Å². The van der Waals surface area contributed by atoms with Gasteiger partial charge in [-0.25, -0.2) is 4.79 Å². The monoisotopic (exact) mass is 304 g/mol. The van der Waals surface area contributed by atoms with E-state index in [1.807, 2.05) is 57.7 Å². The fraction of sp³-hybridized carbons (Fsp3) is 0.529. The molecular formula is C17H24N2O3. The molecule has 0 fully saturated rings. The molecular weight excluding hydrogens is 280 g/mol. The summed E-state index contributed by atoms with van der Waals surface area (Å²) in [6.45, 7) is 10.9. The Labute approximate surface area is 131 Å². The Morgan fingerprint density at radius 3 is 2.64 bits per heavy atom. The van der Waals surface area contributed by atoms with Gasteiger partial charge in [0.05, 0.1) is 12.2 Å². The molecule has 1 aromatic carbocycles. The maximum atomic E-state index is 12.6. The first kappa shape index (κ1) is 16.3. The minimum Gasteiger partial charge on any atom is -0.423 e. The predicted molar refractivity (Wildman–Crippen MR) is 86.2 cm³/mol. The number of hydrogen-bond donors (Lipinski definition) is 0. The second kappa shape index (κ2) is 5.99. The number of ether oxygens (including phenoxy) is 1. The van der Waals surface area contributed by atoms with Crippen molar-refractivity contribution in [3.63, 3.8) is 0 Å². The summed E-state index contributed by atoms with van der Waals surface area (Å²) in [5.41, 5.74) is 1.58. The van der Waals surface area contributed by atoms with Crippen LogP contribution in [0.1, 0.15) is 33.3 Å². The average molecular weight is 304 g/mol. The Bertz CT molecular complexity index is 590. The molecule has 0 radical (unpaired) electrons. The molecule has 1 aliphatic rings. The molecule has 0 saturated carbocycles. The number of hydrogen-bond acceptors (Lipinski definition) is 4. The zero-order valence-corrected chi connectivity index (χ0v) is 14.0. The smallest absolute Gasteiger partial charge is 0.331 e. The van der Waals surface area contributed by atoms with Crippen LogP contribution in [0.5, 0.6) is 5.75 Å². The zero-order valence-electron chi connectivity index (χ0n) is 14.0. The number of carbonyl (C=O) groups excluding carboxylic acids is 2. The lowest BCUT2D eigenvalue weighted by Gasteiger charge is -2.37. The number of nitrogens with zero attached hydrogens (tertiary/aromatic N) is 2. The number of aryl methyl sites for hydroxylation is 1. The number of likely N-dealkylation sites (N-methyl/N-ethyl adjacent to an activating group) is 1. The number of carbonyl (C=O) groups is 2. The molecule has 1 aliphatic heterocycles. The molecule has 120 valence electrons. The van der Waals surface area contributed by atoms with Crippen LogP contribution in [0.3, 0.4) is 0 Å². The normalized spacial score (nSPS) is 14.4. The van der Waals surface area contributed by atoms with Gasteiger partial charge in [-0.1, -0.05) is 6.07 Å². The van der Waals surface area contributed by atoms with Crippen LogP contribution in [-0.2, 0) is 9.59 Å². The average Bonchev–Trinajstić information content (AvgIpc) is 2.36. The lowest BCUT2D eigenvalue weighted by molar-refractivity contribution is -0.135. The highest BCUT2D eigenvalue weighted by atomic mass is 16.5. The molecule has 0 atom stereocenters. The maximum Gasteiger partial charge on any atom is 0.331 e. The Morgan fingerprint density at radius 2 is 2.05 bits per heavy atom. The SMILES string of the molecule is CCN(C(=O)CN1CC(=O)Oc2cc(C)ccc21)C(C)(C)C. The van der Waals surface area contributed by atoms with E-state index in [-0.39, 0.29) is 30.5 Å². The van der Waals surface area contributed by atoms with Crippen LogP contribution in [0, 0.1) is 6.92 Å². The standard InChI is InChI=1S/C17H24N2O3/c1-6-19(17(3,4)5)15(20)10-18-11-16(21)22-14-9-12(2)7-8-13(14)18/h7-9H,6,10-11H2,1-5H3. The minimum atomic E-state index is -0.329. The number of benzene rings is 1. The van der Waals surface area contributed by atoms with Crippen LogP contribution in [0.15, 0.2) is 18.2 Å². The summed E-state index contributed by atoms with van der Waals surface area (Å²) < 4.78 is 5.27. The Morgan fingerprint density at radius 1 is 1.36 bits per heavy atom. The number of esters is 1. The molecule has 2 rings (SSSR count). The third-order valence-corrected chi connectivity index (χ3v) is 3.75. The van der Waals surface area contributed by atoms with E-state index in [0.29, 0.717) is 12.3 Å². The number of rotatable bonds is 3. The minimum absolute atomic E-state index is 0.0104. The first-order chi connectivity index (χ1) is 10.2.